The van der Waals surface area contributed by atoms with E-state index in [1.807, 2.05) is 0 Å². The Hall–Kier alpha value is -0.780. The minimum absolute atomic E-state index is 0.519. The lowest BCUT2D eigenvalue weighted by Crippen LogP contribution is -2.31. The molecule has 0 amide bonds. The summed E-state index contributed by atoms with van der Waals surface area (Å²) < 4.78 is 0. The van der Waals surface area contributed by atoms with E-state index in [9.17, 15) is 0 Å². The van der Waals surface area contributed by atoms with Crippen molar-refractivity contribution in [2.45, 2.75) is 59.3 Å². The van der Waals surface area contributed by atoms with Crippen LogP contribution in [0.2, 0.25) is 0 Å². The van der Waals surface area contributed by atoms with Crippen LogP contribution in [0.3, 0.4) is 0 Å². The molecule has 0 aromatic heterocycles. The molecule has 0 aliphatic heterocycles. The standard InChI is InChI=1S/C18H26/c1-5-13-6-8-14(9-7-13)16-12-15-10-11-18(16,4)17(15,2)3/h6-9,15-16H,5,10-12H2,1-4H3. The van der Waals surface area contributed by atoms with Gasteiger partial charge in [-0.2, -0.15) is 0 Å². The molecule has 3 unspecified atom stereocenters. The lowest BCUT2D eigenvalue weighted by molar-refractivity contribution is 0.134. The number of aryl methyl sites for hydroxylation is 1. The van der Waals surface area contributed by atoms with Gasteiger partial charge in [0.15, 0.2) is 0 Å². The Kier molecular flexibility index (Phi) is 2.63. The van der Waals surface area contributed by atoms with Crippen LogP contribution in [0, 0.1) is 16.7 Å². The molecule has 18 heavy (non-hydrogen) atoms. The molecule has 2 aliphatic carbocycles. The Morgan fingerprint density at radius 3 is 2.22 bits per heavy atom. The van der Waals surface area contributed by atoms with Gasteiger partial charge in [-0.05, 0) is 59.5 Å². The van der Waals surface area contributed by atoms with Crippen LogP contribution in [0.1, 0.15) is 64.0 Å². The average Bonchev–Trinajstić information content (AvgIpc) is 2.71. The summed E-state index contributed by atoms with van der Waals surface area (Å²) in [4.78, 5) is 0. The summed E-state index contributed by atoms with van der Waals surface area (Å²) in [7, 11) is 0. The summed E-state index contributed by atoms with van der Waals surface area (Å²) in [5.74, 6) is 1.73. The quantitative estimate of drug-likeness (QED) is 0.670. The molecule has 3 rings (SSSR count). The fourth-order valence-corrected chi connectivity index (χ4v) is 4.69. The van der Waals surface area contributed by atoms with Crippen molar-refractivity contribution in [2.75, 3.05) is 0 Å². The maximum atomic E-state index is 2.54. The molecule has 0 N–H and O–H groups in total. The largest absolute Gasteiger partial charge is 0.0613 e. The molecule has 0 heteroatoms. The summed E-state index contributed by atoms with van der Waals surface area (Å²) in [5, 5.41) is 0. The van der Waals surface area contributed by atoms with Crippen LogP contribution in [-0.2, 0) is 6.42 Å². The van der Waals surface area contributed by atoms with Gasteiger partial charge in [-0.25, -0.2) is 0 Å². The van der Waals surface area contributed by atoms with Crippen LogP contribution in [0.25, 0.3) is 0 Å². The maximum Gasteiger partial charge on any atom is -0.00999 e. The third-order valence-electron chi connectivity index (χ3n) is 6.58. The average molecular weight is 242 g/mol. The third kappa shape index (κ3) is 1.44. The van der Waals surface area contributed by atoms with Gasteiger partial charge in [-0.3, -0.25) is 0 Å². The van der Waals surface area contributed by atoms with E-state index in [2.05, 4.69) is 52.0 Å². The smallest absolute Gasteiger partial charge is 0.00999 e. The first-order chi connectivity index (χ1) is 8.49. The summed E-state index contributed by atoms with van der Waals surface area (Å²) in [5.41, 5.74) is 4.10. The predicted molar refractivity (Wildman–Crippen MR) is 77.8 cm³/mol. The number of hydrogen-bond donors (Lipinski definition) is 0. The summed E-state index contributed by atoms with van der Waals surface area (Å²) in [6, 6.07) is 9.45. The van der Waals surface area contributed by atoms with Gasteiger partial charge in [0.05, 0.1) is 0 Å². The van der Waals surface area contributed by atoms with Gasteiger partial charge in [-0.15, -0.1) is 0 Å². The predicted octanol–water partition coefficient (Wildman–Crippen LogP) is 5.18. The van der Waals surface area contributed by atoms with Crippen LogP contribution in [0.4, 0.5) is 0 Å². The molecule has 3 atom stereocenters. The van der Waals surface area contributed by atoms with Crippen molar-refractivity contribution in [3.8, 4) is 0 Å². The van der Waals surface area contributed by atoms with Crippen LogP contribution in [0.15, 0.2) is 24.3 Å². The molecular formula is C18H26. The van der Waals surface area contributed by atoms with E-state index in [1.165, 1.54) is 24.8 Å². The van der Waals surface area contributed by atoms with Crippen LogP contribution < -0.4 is 0 Å². The highest BCUT2D eigenvalue weighted by atomic mass is 14.7. The van der Waals surface area contributed by atoms with Gasteiger partial charge < -0.3 is 0 Å². The molecule has 98 valence electrons. The summed E-state index contributed by atoms with van der Waals surface area (Å²) in [6.07, 6.45) is 5.43. The van der Waals surface area contributed by atoms with Gasteiger partial charge in [0, 0.05) is 0 Å². The minimum Gasteiger partial charge on any atom is -0.0613 e. The van der Waals surface area contributed by atoms with Crippen molar-refractivity contribution in [3.63, 3.8) is 0 Å². The molecule has 2 saturated carbocycles. The first-order valence-corrected chi connectivity index (χ1v) is 7.58. The molecule has 1 aromatic rings. The second-order valence-corrected chi connectivity index (χ2v) is 7.26. The zero-order valence-electron chi connectivity index (χ0n) is 12.3. The van der Waals surface area contributed by atoms with E-state index in [-0.39, 0.29) is 0 Å². The van der Waals surface area contributed by atoms with Crippen LogP contribution in [-0.4, -0.2) is 0 Å². The van der Waals surface area contributed by atoms with Crippen molar-refractivity contribution in [2.24, 2.45) is 16.7 Å². The Bertz CT molecular complexity index is 440. The number of hydrogen-bond acceptors (Lipinski definition) is 0. The van der Waals surface area contributed by atoms with E-state index in [4.69, 9.17) is 0 Å². The lowest BCUT2D eigenvalue weighted by Gasteiger charge is -2.39. The lowest BCUT2D eigenvalue weighted by atomic mass is 9.65. The zero-order chi connectivity index (χ0) is 13.0. The first-order valence-electron chi connectivity index (χ1n) is 7.58. The van der Waals surface area contributed by atoms with Gasteiger partial charge in [-0.1, -0.05) is 52.0 Å². The summed E-state index contributed by atoms with van der Waals surface area (Å²) in [6.45, 7) is 9.78. The van der Waals surface area contributed by atoms with Crippen molar-refractivity contribution < 1.29 is 0 Å². The molecule has 0 nitrogen and oxygen atoms in total. The molecule has 0 radical (unpaired) electrons. The second-order valence-electron chi connectivity index (χ2n) is 7.26. The molecule has 2 bridgehead atoms. The Morgan fingerprint density at radius 1 is 1.11 bits per heavy atom. The fraction of sp³-hybridized carbons (Fsp3) is 0.667. The molecule has 0 saturated heterocycles. The molecule has 2 fully saturated rings. The molecule has 0 spiro atoms. The Morgan fingerprint density at radius 2 is 1.78 bits per heavy atom. The molecule has 1 aromatic carbocycles. The van der Waals surface area contributed by atoms with E-state index >= 15 is 0 Å². The monoisotopic (exact) mass is 242 g/mol. The van der Waals surface area contributed by atoms with E-state index < -0.39 is 0 Å². The highest BCUT2D eigenvalue weighted by Gasteiger charge is 2.61. The molecule has 0 heterocycles. The van der Waals surface area contributed by atoms with Crippen molar-refractivity contribution >= 4 is 0 Å². The second kappa shape index (κ2) is 3.85. The van der Waals surface area contributed by atoms with Crippen LogP contribution >= 0.6 is 0 Å². The zero-order valence-corrected chi connectivity index (χ0v) is 12.3. The molecule has 2 aliphatic rings. The topological polar surface area (TPSA) is 0 Å². The number of rotatable bonds is 2. The molecular weight excluding hydrogens is 216 g/mol. The Labute approximate surface area is 112 Å². The van der Waals surface area contributed by atoms with Gasteiger partial charge in [0.25, 0.3) is 0 Å². The highest BCUT2D eigenvalue weighted by Crippen LogP contribution is 2.70. The minimum atomic E-state index is 0.519. The van der Waals surface area contributed by atoms with Gasteiger partial charge in [0.1, 0.15) is 0 Å². The fourth-order valence-electron chi connectivity index (χ4n) is 4.69. The number of fused-ring (bicyclic) bond motifs is 2. The van der Waals surface area contributed by atoms with Crippen molar-refractivity contribution in [1.29, 1.82) is 0 Å². The van der Waals surface area contributed by atoms with Gasteiger partial charge in [0.2, 0.25) is 0 Å². The maximum absolute atomic E-state index is 2.54. The normalized spacial score (nSPS) is 37.1. The van der Waals surface area contributed by atoms with Crippen molar-refractivity contribution in [1.82, 2.24) is 0 Å². The third-order valence-corrected chi connectivity index (χ3v) is 6.58. The van der Waals surface area contributed by atoms with E-state index in [1.54, 1.807) is 5.56 Å². The summed E-state index contributed by atoms with van der Waals surface area (Å²) >= 11 is 0. The first kappa shape index (κ1) is 12.3. The van der Waals surface area contributed by atoms with Crippen molar-refractivity contribution in [3.05, 3.63) is 35.4 Å². The SMILES string of the molecule is CCc1ccc(C2CC3CCC2(C)C3(C)C)cc1. The Balaban J connectivity index is 1.94. The highest BCUT2D eigenvalue weighted by molar-refractivity contribution is 5.31. The van der Waals surface area contributed by atoms with E-state index in [0.717, 1.165) is 18.3 Å². The van der Waals surface area contributed by atoms with Crippen LogP contribution in [0.5, 0.6) is 0 Å². The van der Waals surface area contributed by atoms with E-state index in [0.29, 0.717) is 10.8 Å². The number of benzene rings is 1. The van der Waals surface area contributed by atoms with Gasteiger partial charge >= 0.3 is 0 Å².